The third-order valence-corrected chi connectivity index (χ3v) is 3.76. The molecule has 2 heterocycles. The maximum absolute atomic E-state index is 12.2. The summed E-state index contributed by atoms with van der Waals surface area (Å²) in [7, 11) is 0. The van der Waals surface area contributed by atoms with Crippen molar-refractivity contribution in [1.82, 2.24) is 5.32 Å². The zero-order chi connectivity index (χ0) is 11.2. The van der Waals surface area contributed by atoms with E-state index in [1.807, 2.05) is 0 Å². The number of hydrogen-bond donors (Lipinski definition) is 2. The molecule has 0 aromatic heterocycles. The Morgan fingerprint density at radius 1 is 1.38 bits per heavy atom. The molecule has 3 nitrogen and oxygen atoms in total. The molecule has 0 saturated carbocycles. The third kappa shape index (κ3) is 1.21. The number of fused-ring (bicyclic) bond motifs is 2. The molecule has 1 aromatic rings. The minimum atomic E-state index is -0.304. The molecular weight excluding hydrogens is 200 g/mol. The number of amides is 1. The Kier molecular flexibility index (Phi) is 2.04. The van der Waals surface area contributed by atoms with Gasteiger partial charge in [-0.05, 0) is 43.5 Å². The summed E-state index contributed by atoms with van der Waals surface area (Å²) in [6.45, 7) is 3.85. The van der Waals surface area contributed by atoms with E-state index >= 15 is 0 Å². The van der Waals surface area contributed by atoms with Gasteiger partial charge in [-0.25, -0.2) is 0 Å². The standard InChI is InChI=1S/C13H16N2O/c1-9-3-4-10-11(7-9)15-12(16)13(10)5-2-6-14-8-13/h3-4,7,14H,2,5-6,8H2,1H3,(H,15,16). The Balaban J connectivity index is 2.11. The first-order valence-electron chi connectivity index (χ1n) is 5.86. The second-order valence-electron chi connectivity index (χ2n) is 4.87. The number of nitrogens with one attached hydrogen (secondary N) is 2. The van der Waals surface area contributed by atoms with Crippen LogP contribution in [0.5, 0.6) is 0 Å². The number of rotatable bonds is 0. The minimum Gasteiger partial charge on any atom is -0.325 e. The third-order valence-electron chi connectivity index (χ3n) is 3.76. The number of carbonyl (C=O) groups excluding carboxylic acids is 1. The predicted molar refractivity (Wildman–Crippen MR) is 63.6 cm³/mol. The number of aryl methyl sites for hydroxylation is 1. The Morgan fingerprint density at radius 3 is 3.00 bits per heavy atom. The Labute approximate surface area is 95.2 Å². The van der Waals surface area contributed by atoms with Crippen molar-refractivity contribution in [3.8, 4) is 0 Å². The highest BCUT2D eigenvalue weighted by Gasteiger charge is 2.47. The van der Waals surface area contributed by atoms with Crippen molar-refractivity contribution < 1.29 is 4.79 Å². The molecule has 0 bridgehead atoms. The van der Waals surface area contributed by atoms with Crippen LogP contribution >= 0.6 is 0 Å². The summed E-state index contributed by atoms with van der Waals surface area (Å²) >= 11 is 0. The predicted octanol–water partition coefficient (Wildman–Crippen LogP) is 1.57. The molecule has 1 fully saturated rings. The van der Waals surface area contributed by atoms with E-state index in [0.29, 0.717) is 0 Å². The molecule has 0 aliphatic carbocycles. The van der Waals surface area contributed by atoms with Crippen LogP contribution in [0.25, 0.3) is 0 Å². The lowest BCUT2D eigenvalue weighted by molar-refractivity contribution is -0.121. The van der Waals surface area contributed by atoms with Crippen LogP contribution in [-0.4, -0.2) is 19.0 Å². The van der Waals surface area contributed by atoms with Crippen molar-refractivity contribution in [1.29, 1.82) is 0 Å². The lowest BCUT2D eigenvalue weighted by Gasteiger charge is -2.32. The zero-order valence-corrected chi connectivity index (χ0v) is 9.47. The van der Waals surface area contributed by atoms with Crippen molar-refractivity contribution in [2.24, 2.45) is 0 Å². The van der Waals surface area contributed by atoms with Crippen molar-refractivity contribution in [3.63, 3.8) is 0 Å². The lowest BCUT2D eigenvalue weighted by Crippen LogP contribution is -2.47. The Hall–Kier alpha value is -1.35. The molecule has 1 amide bonds. The molecule has 2 N–H and O–H groups in total. The number of piperidine rings is 1. The van der Waals surface area contributed by atoms with Crippen LogP contribution in [0.2, 0.25) is 0 Å². The smallest absolute Gasteiger partial charge is 0.236 e. The van der Waals surface area contributed by atoms with Gasteiger partial charge in [0.15, 0.2) is 0 Å². The van der Waals surface area contributed by atoms with Crippen LogP contribution in [0, 0.1) is 6.92 Å². The highest BCUT2D eigenvalue weighted by Crippen LogP contribution is 2.42. The van der Waals surface area contributed by atoms with Crippen LogP contribution in [0.4, 0.5) is 5.69 Å². The van der Waals surface area contributed by atoms with E-state index in [0.717, 1.165) is 31.6 Å². The summed E-state index contributed by atoms with van der Waals surface area (Å²) in [5, 5.41) is 6.36. The van der Waals surface area contributed by atoms with Crippen molar-refractivity contribution in [2.45, 2.75) is 25.2 Å². The van der Waals surface area contributed by atoms with E-state index in [-0.39, 0.29) is 11.3 Å². The molecule has 3 rings (SSSR count). The molecule has 1 unspecified atom stereocenters. The van der Waals surface area contributed by atoms with Gasteiger partial charge in [-0.1, -0.05) is 12.1 Å². The molecule has 1 atom stereocenters. The second-order valence-corrected chi connectivity index (χ2v) is 4.87. The summed E-state index contributed by atoms with van der Waals surface area (Å²) < 4.78 is 0. The molecule has 0 radical (unpaired) electrons. The fraction of sp³-hybridized carbons (Fsp3) is 0.462. The van der Waals surface area contributed by atoms with Crippen LogP contribution in [0.3, 0.4) is 0 Å². The number of carbonyl (C=O) groups is 1. The zero-order valence-electron chi connectivity index (χ0n) is 9.47. The normalized spacial score (nSPS) is 27.9. The summed E-state index contributed by atoms with van der Waals surface area (Å²) in [4.78, 5) is 12.2. The van der Waals surface area contributed by atoms with E-state index < -0.39 is 0 Å². The summed E-state index contributed by atoms with van der Waals surface area (Å²) in [6.07, 6.45) is 2.03. The van der Waals surface area contributed by atoms with Gasteiger partial charge in [0.05, 0.1) is 5.41 Å². The Morgan fingerprint density at radius 2 is 2.25 bits per heavy atom. The van der Waals surface area contributed by atoms with Gasteiger partial charge in [-0.2, -0.15) is 0 Å². The summed E-state index contributed by atoms with van der Waals surface area (Å²) in [5.41, 5.74) is 3.07. The van der Waals surface area contributed by atoms with Crippen molar-refractivity contribution >= 4 is 11.6 Å². The fourth-order valence-electron chi connectivity index (χ4n) is 2.87. The van der Waals surface area contributed by atoms with Crippen LogP contribution in [0.1, 0.15) is 24.0 Å². The second kappa shape index (κ2) is 3.32. The largest absolute Gasteiger partial charge is 0.325 e. The highest BCUT2D eigenvalue weighted by atomic mass is 16.2. The molecule has 84 valence electrons. The summed E-state index contributed by atoms with van der Waals surface area (Å²) in [6, 6.07) is 6.27. The molecule has 2 aliphatic heterocycles. The maximum Gasteiger partial charge on any atom is 0.236 e. The molecule has 1 spiro atoms. The lowest BCUT2D eigenvalue weighted by atomic mass is 9.75. The molecule has 16 heavy (non-hydrogen) atoms. The Bertz CT molecular complexity index is 447. The first-order valence-corrected chi connectivity index (χ1v) is 5.86. The van der Waals surface area contributed by atoms with Crippen LogP contribution < -0.4 is 10.6 Å². The van der Waals surface area contributed by atoms with E-state index in [2.05, 4.69) is 35.8 Å². The number of anilines is 1. The monoisotopic (exact) mass is 216 g/mol. The van der Waals surface area contributed by atoms with Crippen LogP contribution in [0.15, 0.2) is 18.2 Å². The topological polar surface area (TPSA) is 41.1 Å². The molecule has 1 saturated heterocycles. The molecule has 3 heteroatoms. The minimum absolute atomic E-state index is 0.167. The summed E-state index contributed by atoms with van der Waals surface area (Å²) in [5.74, 6) is 0.167. The van der Waals surface area contributed by atoms with E-state index in [4.69, 9.17) is 0 Å². The van der Waals surface area contributed by atoms with Crippen LogP contribution in [-0.2, 0) is 10.2 Å². The van der Waals surface area contributed by atoms with Gasteiger partial charge in [0, 0.05) is 12.2 Å². The first kappa shape index (κ1) is 9.85. The van der Waals surface area contributed by atoms with E-state index in [1.54, 1.807) is 0 Å². The van der Waals surface area contributed by atoms with E-state index in [1.165, 1.54) is 11.1 Å². The van der Waals surface area contributed by atoms with Crippen molar-refractivity contribution in [2.75, 3.05) is 18.4 Å². The molecular formula is C13H16N2O. The first-order chi connectivity index (χ1) is 7.72. The van der Waals surface area contributed by atoms with Gasteiger partial charge in [-0.3, -0.25) is 4.79 Å². The van der Waals surface area contributed by atoms with Gasteiger partial charge >= 0.3 is 0 Å². The number of hydrogen-bond acceptors (Lipinski definition) is 2. The van der Waals surface area contributed by atoms with E-state index in [9.17, 15) is 4.79 Å². The maximum atomic E-state index is 12.2. The molecule has 2 aliphatic rings. The average Bonchev–Trinajstić information content (AvgIpc) is 2.53. The van der Waals surface area contributed by atoms with Gasteiger partial charge in [0.25, 0.3) is 0 Å². The average molecular weight is 216 g/mol. The number of benzene rings is 1. The van der Waals surface area contributed by atoms with Gasteiger partial charge in [-0.15, -0.1) is 0 Å². The van der Waals surface area contributed by atoms with Crippen molar-refractivity contribution in [3.05, 3.63) is 29.3 Å². The SMILES string of the molecule is Cc1ccc2c(c1)NC(=O)C21CCCNC1. The van der Waals surface area contributed by atoms with Gasteiger partial charge in [0.2, 0.25) is 5.91 Å². The van der Waals surface area contributed by atoms with Gasteiger partial charge < -0.3 is 10.6 Å². The highest BCUT2D eigenvalue weighted by molar-refractivity contribution is 6.06. The fourth-order valence-corrected chi connectivity index (χ4v) is 2.87. The molecule has 1 aromatic carbocycles. The quantitative estimate of drug-likeness (QED) is 0.691. The van der Waals surface area contributed by atoms with Gasteiger partial charge in [0.1, 0.15) is 0 Å².